The van der Waals surface area contributed by atoms with Gasteiger partial charge in [0.25, 0.3) is 0 Å². The van der Waals surface area contributed by atoms with Crippen LogP contribution in [0, 0.1) is 0 Å². The van der Waals surface area contributed by atoms with Crippen molar-refractivity contribution in [2.24, 2.45) is 4.99 Å². The van der Waals surface area contributed by atoms with Crippen molar-refractivity contribution >= 4 is 40.1 Å². The van der Waals surface area contributed by atoms with Crippen molar-refractivity contribution in [1.29, 1.82) is 0 Å². The normalized spacial score (nSPS) is 16.7. The predicted octanol–water partition coefficient (Wildman–Crippen LogP) is 4.52. The first-order chi connectivity index (χ1) is 15.1. The third-order valence-corrected chi connectivity index (χ3v) is 6.10. The fourth-order valence-corrected chi connectivity index (χ4v) is 4.56. The van der Waals surface area contributed by atoms with Crippen LogP contribution in [0.25, 0.3) is 0 Å². The molecule has 4 rings (SSSR count). The summed E-state index contributed by atoms with van der Waals surface area (Å²) in [7, 11) is 0. The maximum atomic E-state index is 12.6. The maximum Gasteiger partial charge on any atom is 0.311 e. The van der Waals surface area contributed by atoms with Crippen LogP contribution in [0.3, 0.4) is 0 Å². The Hall–Kier alpha value is -3.06. The molecule has 1 amide bonds. The summed E-state index contributed by atoms with van der Waals surface area (Å²) in [6, 6.07) is 16.0. The zero-order valence-electron chi connectivity index (χ0n) is 17.4. The third kappa shape index (κ3) is 5.35. The van der Waals surface area contributed by atoms with Crippen LogP contribution in [-0.2, 0) is 20.7 Å². The number of rotatable bonds is 6. The van der Waals surface area contributed by atoms with E-state index in [2.05, 4.69) is 22.8 Å². The first-order valence-corrected chi connectivity index (χ1v) is 11.4. The molecule has 2 aromatic carbocycles. The van der Waals surface area contributed by atoms with Crippen molar-refractivity contribution < 1.29 is 14.3 Å². The molecule has 1 heterocycles. The lowest BCUT2D eigenvalue weighted by Gasteiger charge is -2.14. The molecule has 7 heteroatoms. The van der Waals surface area contributed by atoms with Gasteiger partial charge in [0, 0.05) is 5.70 Å². The van der Waals surface area contributed by atoms with E-state index in [4.69, 9.17) is 9.73 Å². The molecule has 0 radical (unpaired) electrons. The van der Waals surface area contributed by atoms with Gasteiger partial charge >= 0.3 is 5.97 Å². The van der Waals surface area contributed by atoms with Gasteiger partial charge in [-0.2, -0.15) is 0 Å². The van der Waals surface area contributed by atoms with E-state index in [0.29, 0.717) is 17.3 Å². The van der Waals surface area contributed by atoms with Gasteiger partial charge in [0.05, 0.1) is 41.2 Å². The number of thioether (sulfide) groups is 1. The quantitative estimate of drug-likeness (QED) is 0.653. The topological polar surface area (TPSA) is 79.8 Å². The van der Waals surface area contributed by atoms with Crippen LogP contribution in [0.2, 0.25) is 0 Å². The number of hydrogen-bond acceptors (Lipinski definition) is 6. The van der Waals surface area contributed by atoms with Gasteiger partial charge in [0.2, 0.25) is 5.91 Å². The summed E-state index contributed by atoms with van der Waals surface area (Å²) in [6.07, 6.45) is 3.85. The summed E-state index contributed by atoms with van der Waals surface area (Å²) in [4.78, 5) is 29.3. The van der Waals surface area contributed by atoms with Crippen LogP contribution < -0.4 is 10.6 Å². The van der Waals surface area contributed by atoms with Gasteiger partial charge in [-0.3, -0.25) is 9.59 Å². The highest BCUT2D eigenvalue weighted by Crippen LogP contribution is 2.32. The first kappa shape index (κ1) is 21.2. The molecule has 160 valence electrons. The molecule has 1 aliphatic carbocycles. The average Bonchev–Trinajstić information content (AvgIpc) is 3.07. The molecule has 1 atom stereocenters. The molecule has 0 spiro atoms. The minimum absolute atomic E-state index is 0.0276. The van der Waals surface area contributed by atoms with Crippen molar-refractivity contribution in [3.8, 4) is 0 Å². The third-order valence-electron chi connectivity index (χ3n) is 5.19. The van der Waals surface area contributed by atoms with Crippen molar-refractivity contribution in [2.45, 2.75) is 32.2 Å². The predicted molar refractivity (Wildman–Crippen MR) is 125 cm³/mol. The summed E-state index contributed by atoms with van der Waals surface area (Å²) < 4.78 is 5.08. The molecule has 2 aromatic rings. The standard InChI is InChI=1S/C24H25N3O3S/c1-2-30-24(29)14-17-13-23(27-21-10-6-5-9-20(21)25-17)31-15-22(28)26-19-12-11-16-7-3-4-8-18(16)19/h3-10,13,19,25H,2,11-12,14-15H2,1H3,(H,26,28)/t19-/m1/s1. The SMILES string of the molecule is CCOC(=O)CC1=CC(SCC(=O)N[C@@H]2CCc3ccccc32)=Nc2ccccc2N1. The first-order valence-electron chi connectivity index (χ1n) is 10.4. The Labute approximate surface area is 186 Å². The molecule has 31 heavy (non-hydrogen) atoms. The van der Waals surface area contributed by atoms with Gasteiger partial charge in [-0.1, -0.05) is 48.2 Å². The number of para-hydroxylation sites is 2. The molecule has 0 bridgehead atoms. The molecular weight excluding hydrogens is 410 g/mol. The lowest BCUT2D eigenvalue weighted by molar-refractivity contribution is -0.142. The summed E-state index contributed by atoms with van der Waals surface area (Å²) in [6.45, 7) is 2.12. The number of carbonyl (C=O) groups excluding carboxylic acids is 2. The van der Waals surface area contributed by atoms with Crippen LogP contribution in [0.4, 0.5) is 11.4 Å². The highest BCUT2D eigenvalue weighted by atomic mass is 32.2. The minimum Gasteiger partial charge on any atom is -0.466 e. The van der Waals surface area contributed by atoms with Crippen LogP contribution in [0.5, 0.6) is 0 Å². The van der Waals surface area contributed by atoms with E-state index in [1.165, 1.54) is 22.9 Å². The Morgan fingerprint density at radius 1 is 1.19 bits per heavy atom. The van der Waals surface area contributed by atoms with E-state index in [-0.39, 0.29) is 30.1 Å². The number of aliphatic imine (C=N–C) groups is 1. The maximum absolute atomic E-state index is 12.6. The number of aryl methyl sites for hydroxylation is 1. The lowest BCUT2D eigenvalue weighted by atomic mass is 10.1. The van der Waals surface area contributed by atoms with Gasteiger partial charge in [-0.15, -0.1) is 0 Å². The lowest BCUT2D eigenvalue weighted by Crippen LogP contribution is -2.29. The average molecular weight is 436 g/mol. The number of fused-ring (bicyclic) bond motifs is 2. The van der Waals surface area contributed by atoms with Crippen molar-refractivity contribution in [2.75, 3.05) is 17.7 Å². The summed E-state index contributed by atoms with van der Waals surface area (Å²) in [5.74, 6) is -0.0779. The number of anilines is 1. The zero-order valence-corrected chi connectivity index (χ0v) is 18.2. The summed E-state index contributed by atoms with van der Waals surface area (Å²) >= 11 is 1.36. The number of amides is 1. The minimum atomic E-state index is -0.303. The monoisotopic (exact) mass is 435 g/mol. The fourth-order valence-electron chi connectivity index (χ4n) is 3.81. The molecule has 0 saturated heterocycles. The van der Waals surface area contributed by atoms with Crippen LogP contribution in [0.15, 0.2) is 65.3 Å². The number of nitrogens with zero attached hydrogens (tertiary/aromatic N) is 1. The van der Waals surface area contributed by atoms with Gasteiger partial charge < -0.3 is 15.4 Å². The zero-order chi connectivity index (χ0) is 21.6. The van der Waals surface area contributed by atoms with Gasteiger partial charge in [0.15, 0.2) is 0 Å². The van der Waals surface area contributed by atoms with E-state index in [1.54, 1.807) is 6.92 Å². The number of ether oxygens (including phenoxy) is 1. The van der Waals surface area contributed by atoms with E-state index >= 15 is 0 Å². The van der Waals surface area contributed by atoms with Crippen LogP contribution in [-0.4, -0.2) is 29.3 Å². The molecule has 0 aromatic heterocycles. The molecule has 6 nitrogen and oxygen atoms in total. The number of nitrogens with one attached hydrogen (secondary N) is 2. The van der Waals surface area contributed by atoms with Gasteiger partial charge in [-0.25, -0.2) is 4.99 Å². The second kappa shape index (κ2) is 9.83. The Morgan fingerprint density at radius 2 is 2.00 bits per heavy atom. The number of benzene rings is 2. The summed E-state index contributed by atoms with van der Waals surface area (Å²) in [5.41, 5.74) is 4.80. The van der Waals surface area contributed by atoms with E-state index < -0.39 is 0 Å². The highest BCUT2D eigenvalue weighted by Gasteiger charge is 2.23. The van der Waals surface area contributed by atoms with Crippen LogP contribution in [0.1, 0.15) is 36.9 Å². The van der Waals surface area contributed by atoms with E-state index in [1.807, 2.05) is 42.5 Å². The Bertz CT molecular complexity index is 1050. The Kier molecular flexibility index (Phi) is 6.72. The molecule has 0 fully saturated rings. The molecule has 2 aliphatic rings. The van der Waals surface area contributed by atoms with Crippen molar-refractivity contribution in [1.82, 2.24) is 5.32 Å². The van der Waals surface area contributed by atoms with Crippen molar-refractivity contribution in [3.63, 3.8) is 0 Å². The highest BCUT2D eigenvalue weighted by molar-refractivity contribution is 8.14. The number of esters is 1. The van der Waals surface area contributed by atoms with E-state index in [0.717, 1.165) is 24.2 Å². The Balaban J connectivity index is 1.43. The van der Waals surface area contributed by atoms with Gasteiger partial charge in [0.1, 0.15) is 0 Å². The fraction of sp³-hybridized carbons (Fsp3) is 0.292. The molecule has 2 N–H and O–H groups in total. The van der Waals surface area contributed by atoms with Gasteiger partial charge in [-0.05, 0) is 49.1 Å². The molecule has 1 aliphatic heterocycles. The smallest absolute Gasteiger partial charge is 0.311 e. The van der Waals surface area contributed by atoms with Crippen molar-refractivity contribution in [3.05, 3.63) is 71.4 Å². The number of carbonyl (C=O) groups is 2. The van der Waals surface area contributed by atoms with Crippen LogP contribution >= 0.6 is 11.8 Å². The largest absolute Gasteiger partial charge is 0.466 e. The molecule has 0 saturated carbocycles. The second-order valence-electron chi connectivity index (χ2n) is 7.39. The molecular formula is C24H25N3O3S. The molecule has 0 unspecified atom stereocenters. The van der Waals surface area contributed by atoms with E-state index in [9.17, 15) is 9.59 Å². The number of hydrogen-bond donors (Lipinski definition) is 2. The second-order valence-corrected chi connectivity index (χ2v) is 8.39. The summed E-state index contributed by atoms with van der Waals surface area (Å²) in [5, 5.41) is 7.09. The Morgan fingerprint density at radius 3 is 2.87 bits per heavy atom.